The number of nitrogens with zero attached hydrogens (tertiary/aromatic N) is 3. The standard InChI is InChI=1S/C19H18N4O/c1-23(14-15-8-4-2-5-9-15)18-13-12-17(21-22-18)19(24)20-16-10-6-3-7-11-16/h2-13H,14H2,1H3,(H,20,24). The van der Waals surface area contributed by atoms with Gasteiger partial charge in [-0.1, -0.05) is 48.5 Å². The molecule has 24 heavy (non-hydrogen) atoms. The molecule has 0 spiro atoms. The Labute approximate surface area is 141 Å². The van der Waals surface area contributed by atoms with Crippen LogP contribution in [0.2, 0.25) is 0 Å². The van der Waals surface area contributed by atoms with Crippen LogP contribution in [0.5, 0.6) is 0 Å². The van der Waals surface area contributed by atoms with Crippen LogP contribution in [0.3, 0.4) is 0 Å². The third kappa shape index (κ3) is 3.95. The summed E-state index contributed by atoms with van der Waals surface area (Å²) in [6.07, 6.45) is 0. The van der Waals surface area contributed by atoms with Gasteiger partial charge >= 0.3 is 0 Å². The summed E-state index contributed by atoms with van der Waals surface area (Å²) in [5, 5.41) is 11.0. The van der Waals surface area contributed by atoms with E-state index in [0.717, 1.165) is 18.1 Å². The minimum atomic E-state index is -0.272. The van der Waals surface area contributed by atoms with E-state index in [1.165, 1.54) is 5.56 Å². The number of hydrogen-bond donors (Lipinski definition) is 1. The zero-order chi connectivity index (χ0) is 16.8. The Kier molecular flexibility index (Phi) is 4.81. The van der Waals surface area contributed by atoms with Gasteiger partial charge < -0.3 is 10.2 Å². The second kappa shape index (κ2) is 7.37. The quantitative estimate of drug-likeness (QED) is 0.783. The van der Waals surface area contributed by atoms with E-state index in [-0.39, 0.29) is 11.6 Å². The number of carbonyl (C=O) groups excluding carboxylic acids is 1. The number of carbonyl (C=O) groups is 1. The van der Waals surface area contributed by atoms with Crippen LogP contribution in [-0.2, 0) is 6.54 Å². The van der Waals surface area contributed by atoms with Crippen molar-refractivity contribution < 1.29 is 4.79 Å². The molecule has 0 aliphatic rings. The topological polar surface area (TPSA) is 58.1 Å². The van der Waals surface area contributed by atoms with Gasteiger partial charge in [0.05, 0.1) is 0 Å². The highest BCUT2D eigenvalue weighted by Crippen LogP contribution is 2.13. The highest BCUT2D eigenvalue weighted by Gasteiger charge is 2.10. The van der Waals surface area contributed by atoms with Gasteiger partial charge in [-0.2, -0.15) is 0 Å². The molecular formula is C19H18N4O. The molecular weight excluding hydrogens is 300 g/mol. The lowest BCUT2D eigenvalue weighted by atomic mass is 10.2. The van der Waals surface area contributed by atoms with E-state index < -0.39 is 0 Å². The van der Waals surface area contributed by atoms with Crippen molar-refractivity contribution in [2.75, 3.05) is 17.3 Å². The summed E-state index contributed by atoms with van der Waals surface area (Å²) in [5.74, 6) is 0.445. The first-order chi connectivity index (χ1) is 11.7. The molecule has 0 unspecified atom stereocenters. The van der Waals surface area contributed by atoms with Crippen molar-refractivity contribution >= 4 is 17.4 Å². The molecule has 2 aromatic carbocycles. The van der Waals surface area contributed by atoms with E-state index in [4.69, 9.17) is 0 Å². The van der Waals surface area contributed by atoms with Crippen LogP contribution in [0.15, 0.2) is 72.8 Å². The van der Waals surface area contributed by atoms with Crippen molar-refractivity contribution in [1.82, 2.24) is 10.2 Å². The first kappa shape index (κ1) is 15.7. The molecule has 0 saturated carbocycles. The maximum atomic E-state index is 12.2. The van der Waals surface area contributed by atoms with Crippen molar-refractivity contribution in [3.63, 3.8) is 0 Å². The third-order valence-electron chi connectivity index (χ3n) is 3.57. The molecule has 0 fully saturated rings. The van der Waals surface area contributed by atoms with Crippen molar-refractivity contribution in [3.05, 3.63) is 84.1 Å². The SMILES string of the molecule is CN(Cc1ccccc1)c1ccc(C(=O)Nc2ccccc2)nn1. The molecule has 3 rings (SSSR count). The Balaban J connectivity index is 1.65. The van der Waals surface area contributed by atoms with Crippen LogP contribution in [0.25, 0.3) is 0 Å². The van der Waals surface area contributed by atoms with Gasteiger partial charge in [-0.15, -0.1) is 10.2 Å². The van der Waals surface area contributed by atoms with E-state index in [2.05, 4.69) is 27.6 Å². The summed E-state index contributed by atoms with van der Waals surface area (Å²) in [4.78, 5) is 14.1. The van der Waals surface area contributed by atoms with Crippen LogP contribution >= 0.6 is 0 Å². The highest BCUT2D eigenvalue weighted by atomic mass is 16.1. The minimum absolute atomic E-state index is 0.272. The first-order valence-corrected chi connectivity index (χ1v) is 7.67. The molecule has 0 atom stereocenters. The maximum Gasteiger partial charge on any atom is 0.276 e. The first-order valence-electron chi connectivity index (χ1n) is 7.67. The maximum absolute atomic E-state index is 12.2. The largest absolute Gasteiger partial charge is 0.354 e. The Morgan fingerprint density at radius 1 is 0.917 bits per heavy atom. The summed E-state index contributed by atoms with van der Waals surface area (Å²) >= 11 is 0. The summed E-state index contributed by atoms with van der Waals surface area (Å²) in [5.41, 5.74) is 2.21. The predicted octanol–water partition coefficient (Wildman–Crippen LogP) is 3.37. The van der Waals surface area contributed by atoms with Gasteiger partial charge in [0.25, 0.3) is 5.91 Å². The molecule has 0 aliphatic carbocycles. The minimum Gasteiger partial charge on any atom is -0.354 e. The number of para-hydroxylation sites is 1. The molecule has 120 valence electrons. The number of amides is 1. The van der Waals surface area contributed by atoms with Crippen molar-refractivity contribution in [2.24, 2.45) is 0 Å². The average molecular weight is 318 g/mol. The fourth-order valence-corrected chi connectivity index (χ4v) is 2.30. The fraction of sp³-hybridized carbons (Fsp3) is 0.105. The van der Waals surface area contributed by atoms with E-state index in [1.54, 1.807) is 12.1 Å². The van der Waals surface area contributed by atoms with Gasteiger partial charge in [0.1, 0.15) is 0 Å². The lowest BCUT2D eigenvalue weighted by Gasteiger charge is -2.17. The zero-order valence-electron chi connectivity index (χ0n) is 13.4. The Morgan fingerprint density at radius 3 is 2.21 bits per heavy atom. The number of aromatic nitrogens is 2. The van der Waals surface area contributed by atoms with E-state index in [1.807, 2.05) is 60.5 Å². The number of rotatable bonds is 5. The van der Waals surface area contributed by atoms with Crippen LogP contribution in [-0.4, -0.2) is 23.2 Å². The fourth-order valence-electron chi connectivity index (χ4n) is 2.30. The van der Waals surface area contributed by atoms with Gasteiger partial charge in [0.15, 0.2) is 11.5 Å². The molecule has 1 N–H and O–H groups in total. The van der Waals surface area contributed by atoms with Crippen LogP contribution in [0, 0.1) is 0 Å². The van der Waals surface area contributed by atoms with Gasteiger partial charge in [-0.25, -0.2) is 0 Å². The molecule has 0 bridgehead atoms. The van der Waals surface area contributed by atoms with Crippen LogP contribution < -0.4 is 10.2 Å². The molecule has 0 radical (unpaired) electrons. The highest BCUT2D eigenvalue weighted by molar-refractivity contribution is 6.02. The summed E-state index contributed by atoms with van der Waals surface area (Å²) < 4.78 is 0. The Bertz CT molecular complexity index is 789. The van der Waals surface area contributed by atoms with Crippen molar-refractivity contribution in [2.45, 2.75) is 6.54 Å². The molecule has 0 aliphatic heterocycles. The molecule has 3 aromatic rings. The van der Waals surface area contributed by atoms with E-state index >= 15 is 0 Å². The Hall–Kier alpha value is -3.21. The van der Waals surface area contributed by atoms with Crippen LogP contribution in [0.4, 0.5) is 11.5 Å². The van der Waals surface area contributed by atoms with Crippen molar-refractivity contribution in [3.8, 4) is 0 Å². The smallest absolute Gasteiger partial charge is 0.276 e. The third-order valence-corrected chi connectivity index (χ3v) is 3.57. The molecule has 1 amide bonds. The summed E-state index contributed by atoms with van der Waals surface area (Å²) in [7, 11) is 1.95. The van der Waals surface area contributed by atoms with Gasteiger partial charge in [-0.3, -0.25) is 4.79 Å². The monoisotopic (exact) mass is 318 g/mol. The lowest BCUT2D eigenvalue weighted by Crippen LogP contribution is -2.20. The Morgan fingerprint density at radius 2 is 1.58 bits per heavy atom. The van der Waals surface area contributed by atoms with Gasteiger partial charge in [-0.05, 0) is 29.8 Å². The van der Waals surface area contributed by atoms with Crippen molar-refractivity contribution in [1.29, 1.82) is 0 Å². The second-order valence-electron chi connectivity index (χ2n) is 5.44. The summed E-state index contributed by atoms with van der Waals surface area (Å²) in [6, 6.07) is 22.9. The molecule has 1 aromatic heterocycles. The molecule has 1 heterocycles. The lowest BCUT2D eigenvalue weighted by molar-refractivity contribution is 0.102. The average Bonchev–Trinajstić information content (AvgIpc) is 2.63. The normalized spacial score (nSPS) is 10.2. The van der Waals surface area contributed by atoms with E-state index in [9.17, 15) is 4.79 Å². The van der Waals surface area contributed by atoms with E-state index in [0.29, 0.717) is 0 Å². The zero-order valence-corrected chi connectivity index (χ0v) is 13.4. The number of hydrogen-bond acceptors (Lipinski definition) is 4. The number of nitrogens with one attached hydrogen (secondary N) is 1. The number of anilines is 2. The van der Waals surface area contributed by atoms with Gasteiger partial charge in [0.2, 0.25) is 0 Å². The second-order valence-corrected chi connectivity index (χ2v) is 5.44. The number of benzene rings is 2. The molecule has 5 nitrogen and oxygen atoms in total. The van der Waals surface area contributed by atoms with Crippen LogP contribution in [0.1, 0.15) is 16.1 Å². The van der Waals surface area contributed by atoms with Gasteiger partial charge in [0, 0.05) is 19.3 Å². The summed E-state index contributed by atoms with van der Waals surface area (Å²) in [6.45, 7) is 0.727. The molecule has 5 heteroatoms. The molecule has 0 saturated heterocycles. The predicted molar refractivity (Wildman–Crippen MR) is 95.0 cm³/mol.